The average molecular weight is 299 g/mol. The van der Waals surface area contributed by atoms with Gasteiger partial charge in [-0.3, -0.25) is 4.79 Å². The zero-order chi connectivity index (χ0) is 14.5. The van der Waals surface area contributed by atoms with Gasteiger partial charge in [0.1, 0.15) is 0 Å². The minimum Gasteiger partial charge on any atom is -0.355 e. The van der Waals surface area contributed by atoms with Gasteiger partial charge in [0.15, 0.2) is 0 Å². The Kier molecular flexibility index (Phi) is 2.40. The van der Waals surface area contributed by atoms with Crippen molar-refractivity contribution in [3.05, 3.63) is 0 Å². The van der Waals surface area contributed by atoms with Crippen LogP contribution in [-0.2, 0) is 4.79 Å². The second kappa shape index (κ2) is 4.11. The van der Waals surface area contributed by atoms with E-state index in [4.69, 9.17) is 0 Å². The topological polar surface area (TPSA) is 29.1 Å². The van der Waals surface area contributed by atoms with Gasteiger partial charge in [0.05, 0.1) is 0 Å². The quantitative estimate of drug-likeness (QED) is 0.847. The molecular formula is C20H29NO. The minimum absolute atomic E-state index is 0.0640. The number of nitrogens with one attached hydrogen (secondary N) is 1. The van der Waals surface area contributed by atoms with Gasteiger partial charge in [-0.05, 0) is 105 Å². The van der Waals surface area contributed by atoms with E-state index in [1.54, 1.807) is 0 Å². The number of fused-ring (bicyclic) bond motifs is 5. The van der Waals surface area contributed by atoms with E-state index >= 15 is 0 Å². The molecule has 0 unspecified atom stereocenters. The van der Waals surface area contributed by atoms with E-state index < -0.39 is 0 Å². The maximum atomic E-state index is 13.0. The summed E-state index contributed by atoms with van der Waals surface area (Å²) in [6.45, 7) is 1.00. The van der Waals surface area contributed by atoms with E-state index in [0.717, 1.165) is 53.9 Å². The van der Waals surface area contributed by atoms with Crippen LogP contribution in [-0.4, -0.2) is 12.5 Å². The highest BCUT2D eigenvalue weighted by Gasteiger charge is 2.61. The zero-order valence-corrected chi connectivity index (χ0v) is 13.6. The molecule has 1 N–H and O–H groups in total. The van der Waals surface area contributed by atoms with Crippen molar-refractivity contribution in [3.63, 3.8) is 0 Å². The van der Waals surface area contributed by atoms with E-state index in [2.05, 4.69) is 5.32 Å². The lowest BCUT2D eigenvalue weighted by atomic mass is 9.49. The predicted octanol–water partition coefficient (Wildman–Crippen LogP) is 3.61. The van der Waals surface area contributed by atoms with Gasteiger partial charge in [-0.25, -0.2) is 0 Å². The first-order valence-electron chi connectivity index (χ1n) is 9.98. The molecule has 0 aromatic heterocycles. The molecule has 7 fully saturated rings. The Labute approximate surface area is 133 Å². The summed E-state index contributed by atoms with van der Waals surface area (Å²) in [6.07, 6.45) is 12.4. The van der Waals surface area contributed by atoms with Crippen LogP contribution >= 0.6 is 0 Å². The first-order chi connectivity index (χ1) is 10.7. The molecule has 0 heterocycles. The standard InChI is InChI=1S/C20H29NO/c22-19(20-7-11-1-12(8-20)3-13(2-11)9-20)21-10-15-4-14-5-16(15)18-6-17(14)18/h11-18H,1-10H2,(H,21,22)/t11?,12?,13?,14-,15-,16+,17-,18-,20?/m1/s1. The number of amides is 1. The summed E-state index contributed by atoms with van der Waals surface area (Å²) in [4.78, 5) is 13.0. The summed E-state index contributed by atoms with van der Waals surface area (Å²) in [5, 5.41) is 3.47. The summed E-state index contributed by atoms with van der Waals surface area (Å²) in [7, 11) is 0. The highest BCUT2D eigenvalue weighted by atomic mass is 16.2. The lowest BCUT2D eigenvalue weighted by molar-refractivity contribution is -0.146. The third-order valence-corrected chi connectivity index (χ3v) is 8.88. The van der Waals surface area contributed by atoms with Crippen molar-refractivity contribution in [3.8, 4) is 0 Å². The van der Waals surface area contributed by atoms with Crippen LogP contribution in [0, 0.1) is 52.8 Å². The van der Waals surface area contributed by atoms with Crippen molar-refractivity contribution in [1.82, 2.24) is 5.32 Å². The zero-order valence-electron chi connectivity index (χ0n) is 13.6. The van der Waals surface area contributed by atoms with Gasteiger partial charge in [-0.15, -0.1) is 0 Å². The van der Waals surface area contributed by atoms with E-state index in [0.29, 0.717) is 5.91 Å². The first-order valence-corrected chi connectivity index (χ1v) is 9.98. The largest absolute Gasteiger partial charge is 0.355 e. The maximum absolute atomic E-state index is 13.0. The molecule has 0 aromatic rings. The van der Waals surface area contributed by atoms with Crippen molar-refractivity contribution in [2.75, 3.05) is 6.54 Å². The van der Waals surface area contributed by atoms with Crippen LogP contribution in [0.2, 0.25) is 0 Å². The molecule has 5 atom stereocenters. The van der Waals surface area contributed by atoms with Gasteiger partial charge in [-0.1, -0.05) is 0 Å². The van der Waals surface area contributed by atoms with Gasteiger partial charge in [0, 0.05) is 12.0 Å². The fourth-order valence-corrected chi connectivity index (χ4v) is 8.38. The summed E-state index contributed by atoms with van der Waals surface area (Å²) in [6, 6.07) is 0. The second-order valence-corrected chi connectivity index (χ2v) is 10.1. The maximum Gasteiger partial charge on any atom is 0.226 e. The van der Waals surface area contributed by atoms with Crippen LogP contribution in [0.15, 0.2) is 0 Å². The molecule has 0 aromatic carbocycles. The Bertz CT molecular complexity index is 491. The van der Waals surface area contributed by atoms with Crippen molar-refractivity contribution in [2.24, 2.45) is 52.8 Å². The number of carbonyl (C=O) groups is 1. The molecule has 7 aliphatic rings. The van der Waals surface area contributed by atoms with Crippen LogP contribution in [0.25, 0.3) is 0 Å². The predicted molar refractivity (Wildman–Crippen MR) is 84.9 cm³/mol. The number of hydrogen-bond donors (Lipinski definition) is 1. The lowest BCUT2D eigenvalue weighted by Crippen LogP contribution is -2.54. The van der Waals surface area contributed by atoms with E-state index in [1.807, 2.05) is 0 Å². The van der Waals surface area contributed by atoms with Crippen molar-refractivity contribution >= 4 is 5.91 Å². The molecule has 0 radical (unpaired) electrons. The third kappa shape index (κ3) is 1.65. The lowest BCUT2D eigenvalue weighted by Gasteiger charge is -2.55. The van der Waals surface area contributed by atoms with Crippen LogP contribution in [0.1, 0.15) is 57.8 Å². The van der Waals surface area contributed by atoms with Crippen LogP contribution in [0.5, 0.6) is 0 Å². The average Bonchev–Trinajstić information content (AvgIpc) is 3.09. The summed E-state index contributed by atoms with van der Waals surface area (Å²) in [5.41, 5.74) is 0.0640. The summed E-state index contributed by atoms with van der Waals surface area (Å²) >= 11 is 0. The number of carbonyl (C=O) groups excluding carboxylic acids is 1. The molecule has 0 spiro atoms. The number of hydrogen-bond acceptors (Lipinski definition) is 1. The fourth-order valence-electron chi connectivity index (χ4n) is 8.38. The molecule has 120 valence electrons. The smallest absolute Gasteiger partial charge is 0.226 e. The first kappa shape index (κ1) is 12.8. The van der Waals surface area contributed by atoms with Crippen molar-refractivity contribution in [1.29, 1.82) is 0 Å². The number of rotatable bonds is 3. The van der Waals surface area contributed by atoms with Crippen molar-refractivity contribution in [2.45, 2.75) is 57.8 Å². The summed E-state index contributed by atoms with van der Waals surface area (Å²) in [5.74, 6) is 8.13. The molecule has 22 heavy (non-hydrogen) atoms. The van der Waals surface area contributed by atoms with Crippen LogP contribution < -0.4 is 5.32 Å². The Balaban J connectivity index is 1.14. The van der Waals surface area contributed by atoms with Crippen LogP contribution in [0.4, 0.5) is 0 Å². The molecule has 1 amide bonds. The van der Waals surface area contributed by atoms with Gasteiger partial charge in [-0.2, -0.15) is 0 Å². The molecule has 2 nitrogen and oxygen atoms in total. The monoisotopic (exact) mass is 299 g/mol. The molecule has 0 aliphatic heterocycles. The Morgan fingerprint density at radius 3 is 2.09 bits per heavy atom. The molecule has 7 rings (SSSR count). The molecule has 7 saturated carbocycles. The van der Waals surface area contributed by atoms with Gasteiger partial charge in [0.25, 0.3) is 0 Å². The molecule has 0 saturated heterocycles. The highest BCUT2D eigenvalue weighted by Crippen LogP contribution is 2.67. The van der Waals surface area contributed by atoms with E-state index in [-0.39, 0.29) is 5.41 Å². The molecular weight excluding hydrogens is 270 g/mol. The van der Waals surface area contributed by atoms with Crippen molar-refractivity contribution < 1.29 is 4.79 Å². The molecule has 6 bridgehead atoms. The van der Waals surface area contributed by atoms with E-state index in [1.165, 1.54) is 57.8 Å². The minimum atomic E-state index is 0.0640. The van der Waals surface area contributed by atoms with E-state index in [9.17, 15) is 4.79 Å². The fraction of sp³-hybridized carbons (Fsp3) is 0.950. The Hall–Kier alpha value is -0.530. The highest BCUT2D eigenvalue weighted by molar-refractivity contribution is 5.83. The van der Waals surface area contributed by atoms with Crippen LogP contribution in [0.3, 0.4) is 0 Å². The van der Waals surface area contributed by atoms with Gasteiger partial charge in [0.2, 0.25) is 5.91 Å². The molecule has 2 heteroatoms. The van der Waals surface area contributed by atoms with Gasteiger partial charge < -0.3 is 5.32 Å². The normalized spacial score (nSPS) is 59.6. The Morgan fingerprint density at radius 2 is 1.50 bits per heavy atom. The molecule has 7 aliphatic carbocycles. The summed E-state index contributed by atoms with van der Waals surface area (Å²) < 4.78 is 0. The SMILES string of the molecule is O=C(NC[C@H]1C[C@@H]2C[C@@H]1[C@H]1C[C@H]21)C12CC3CC(CC(C3)C1)C2. The second-order valence-electron chi connectivity index (χ2n) is 10.1. The third-order valence-electron chi connectivity index (χ3n) is 8.88. The van der Waals surface area contributed by atoms with Gasteiger partial charge >= 0.3 is 0 Å². The Morgan fingerprint density at radius 1 is 0.818 bits per heavy atom.